The van der Waals surface area contributed by atoms with Crippen LogP contribution in [0.2, 0.25) is 13.3 Å². The van der Waals surface area contributed by atoms with E-state index < -0.39 is 18.4 Å². The monoisotopic (exact) mass is 419 g/mol. The molecule has 0 N–H and O–H groups in total. The van der Waals surface area contributed by atoms with Crippen molar-refractivity contribution in [3.8, 4) is 0 Å². The Hall–Kier alpha value is -0.571. The maximum absolute atomic E-state index is 5.20. The summed E-state index contributed by atoms with van der Waals surface area (Å²) in [5.74, 6) is 0. The molecule has 2 aromatic rings. The number of aromatic nitrogens is 1. The molecule has 0 bridgehead atoms. The van der Waals surface area contributed by atoms with Crippen molar-refractivity contribution in [2.24, 2.45) is 0 Å². The predicted molar refractivity (Wildman–Crippen MR) is 106 cm³/mol. The van der Waals surface area contributed by atoms with Crippen molar-refractivity contribution in [3.63, 3.8) is 0 Å². The van der Waals surface area contributed by atoms with E-state index in [0.29, 0.717) is 0 Å². The number of pyridine rings is 1. The van der Waals surface area contributed by atoms with Crippen LogP contribution in [0.15, 0.2) is 36.4 Å². The van der Waals surface area contributed by atoms with Crippen LogP contribution in [0.1, 0.15) is 59.3 Å². The maximum atomic E-state index is 5.20. The third kappa shape index (κ3) is 4.95. The molecular formula is C21H33NSn. The van der Waals surface area contributed by atoms with E-state index in [4.69, 9.17) is 4.98 Å². The predicted octanol–water partition coefficient (Wildman–Crippen LogP) is 6.29. The number of rotatable bonds is 10. The molecule has 1 heterocycles. The molecule has 0 amide bonds. The molecule has 1 aromatic carbocycles. The quantitative estimate of drug-likeness (QED) is 0.414. The fraction of sp³-hybridized carbons (Fsp3) is 0.571. The molecular weight excluding hydrogens is 385 g/mol. The Balaban J connectivity index is 2.41. The Morgan fingerprint density at radius 3 is 1.87 bits per heavy atom. The van der Waals surface area contributed by atoms with Crippen molar-refractivity contribution in [1.29, 1.82) is 0 Å². The number of benzene rings is 1. The second kappa shape index (κ2) is 9.66. The zero-order chi connectivity index (χ0) is 16.5. The molecule has 0 aliphatic carbocycles. The van der Waals surface area contributed by atoms with Crippen LogP contribution in [0.5, 0.6) is 0 Å². The van der Waals surface area contributed by atoms with Crippen molar-refractivity contribution in [3.05, 3.63) is 36.4 Å². The van der Waals surface area contributed by atoms with Gasteiger partial charge in [0.05, 0.1) is 0 Å². The van der Waals surface area contributed by atoms with E-state index in [0.717, 1.165) is 0 Å². The van der Waals surface area contributed by atoms with Gasteiger partial charge in [-0.1, -0.05) is 0 Å². The van der Waals surface area contributed by atoms with E-state index >= 15 is 0 Å². The van der Waals surface area contributed by atoms with Crippen LogP contribution in [0.25, 0.3) is 10.9 Å². The number of unbranched alkanes of at least 4 members (excludes halogenated alkanes) is 3. The molecule has 0 radical (unpaired) electrons. The summed E-state index contributed by atoms with van der Waals surface area (Å²) >= 11 is -2.36. The van der Waals surface area contributed by atoms with E-state index in [9.17, 15) is 0 Å². The summed E-state index contributed by atoms with van der Waals surface area (Å²) in [6.45, 7) is 7.01. The summed E-state index contributed by atoms with van der Waals surface area (Å²) in [4.78, 5) is 5.20. The summed E-state index contributed by atoms with van der Waals surface area (Å²) in [7, 11) is 0. The molecule has 1 nitrogen and oxygen atoms in total. The summed E-state index contributed by atoms with van der Waals surface area (Å²) in [5, 5.41) is 1.29. The molecule has 0 fully saturated rings. The van der Waals surface area contributed by atoms with Crippen LogP contribution in [-0.2, 0) is 0 Å². The van der Waals surface area contributed by atoms with Gasteiger partial charge in [-0.05, 0) is 0 Å². The molecule has 23 heavy (non-hydrogen) atoms. The molecule has 0 spiro atoms. The van der Waals surface area contributed by atoms with Gasteiger partial charge in [0, 0.05) is 0 Å². The van der Waals surface area contributed by atoms with Gasteiger partial charge < -0.3 is 0 Å². The summed E-state index contributed by atoms with van der Waals surface area (Å²) in [6, 6.07) is 13.3. The molecule has 1 aromatic heterocycles. The SMILES string of the molecule is CCC[CH2][Sn]([CH2]CCC)([CH2]CCC)[c]1ccc2ccccc2n1. The number of hydrogen-bond donors (Lipinski definition) is 0. The molecule has 0 atom stereocenters. The van der Waals surface area contributed by atoms with Crippen molar-refractivity contribution < 1.29 is 0 Å². The molecule has 0 aliphatic heterocycles. The van der Waals surface area contributed by atoms with Gasteiger partial charge in [-0.2, -0.15) is 0 Å². The molecule has 0 saturated heterocycles. The van der Waals surface area contributed by atoms with Gasteiger partial charge in [-0.3, -0.25) is 0 Å². The first-order valence-electron chi connectivity index (χ1n) is 9.62. The van der Waals surface area contributed by atoms with E-state index in [1.807, 2.05) is 0 Å². The standard InChI is InChI=1S/C9H6N.3C4H9.Sn/c1-2-6-9-8(4-1)5-3-7-10-9;3*1-3-4-2;/h1-6H;3*1,3-4H2,2H3;. The van der Waals surface area contributed by atoms with Crippen molar-refractivity contribution in [2.45, 2.75) is 72.6 Å². The van der Waals surface area contributed by atoms with E-state index in [2.05, 4.69) is 57.2 Å². The molecule has 2 rings (SSSR count). The Bertz CT molecular complexity index is 571. The molecule has 0 unspecified atom stereocenters. The van der Waals surface area contributed by atoms with Gasteiger partial charge in [0.1, 0.15) is 0 Å². The average molecular weight is 418 g/mol. The topological polar surface area (TPSA) is 12.9 Å². The third-order valence-electron chi connectivity index (χ3n) is 5.17. The zero-order valence-electron chi connectivity index (χ0n) is 15.3. The van der Waals surface area contributed by atoms with Gasteiger partial charge in [-0.25, -0.2) is 0 Å². The van der Waals surface area contributed by atoms with Gasteiger partial charge >= 0.3 is 147 Å². The Labute approximate surface area is 146 Å². The number of hydrogen-bond acceptors (Lipinski definition) is 1. The van der Waals surface area contributed by atoms with Crippen LogP contribution in [-0.4, -0.2) is 23.4 Å². The number of fused-ring (bicyclic) bond motifs is 1. The van der Waals surface area contributed by atoms with Crippen LogP contribution in [0, 0.1) is 0 Å². The van der Waals surface area contributed by atoms with Gasteiger partial charge in [0.2, 0.25) is 0 Å². The molecule has 126 valence electrons. The third-order valence-corrected chi connectivity index (χ3v) is 20.3. The van der Waals surface area contributed by atoms with Crippen molar-refractivity contribution >= 4 is 33.0 Å². The molecule has 2 heteroatoms. The first-order chi connectivity index (χ1) is 11.3. The van der Waals surface area contributed by atoms with Crippen LogP contribution < -0.4 is 3.71 Å². The summed E-state index contributed by atoms with van der Waals surface area (Å²) in [5.41, 5.74) is 1.20. The fourth-order valence-electron chi connectivity index (χ4n) is 3.67. The number of para-hydroxylation sites is 1. The Morgan fingerprint density at radius 2 is 1.30 bits per heavy atom. The zero-order valence-corrected chi connectivity index (χ0v) is 18.1. The normalized spacial score (nSPS) is 12.0. The first kappa shape index (κ1) is 18.8. The minimum absolute atomic E-state index is 1.20. The fourth-order valence-corrected chi connectivity index (χ4v) is 19.1. The van der Waals surface area contributed by atoms with Gasteiger partial charge in [0.25, 0.3) is 0 Å². The van der Waals surface area contributed by atoms with Crippen LogP contribution >= 0.6 is 0 Å². The van der Waals surface area contributed by atoms with E-state index in [1.54, 1.807) is 3.71 Å². The number of nitrogens with zero attached hydrogens (tertiary/aromatic N) is 1. The van der Waals surface area contributed by atoms with Crippen LogP contribution in [0.3, 0.4) is 0 Å². The van der Waals surface area contributed by atoms with E-state index in [-0.39, 0.29) is 0 Å². The summed E-state index contributed by atoms with van der Waals surface area (Å²) < 4.78 is 6.04. The molecule has 0 saturated carbocycles. The average Bonchev–Trinajstić information content (AvgIpc) is 2.61. The second-order valence-corrected chi connectivity index (χ2v) is 20.0. The van der Waals surface area contributed by atoms with Gasteiger partial charge in [-0.15, -0.1) is 0 Å². The van der Waals surface area contributed by atoms with Crippen LogP contribution in [0.4, 0.5) is 0 Å². The van der Waals surface area contributed by atoms with Crippen molar-refractivity contribution in [2.75, 3.05) is 0 Å². The second-order valence-electron chi connectivity index (χ2n) is 6.98. The minimum atomic E-state index is -2.36. The van der Waals surface area contributed by atoms with Gasteiger partial charge in [0.15, 0.2) is 0 Å². The Kier molecular flexibility index (Phi) is 7.88. The van der Waals surface area contributed by atoms with E-state index in [1.165, 1.54) is 62.7 Å². The summed E-state index contributed by atoms with van der Waals surface area (Å²) in [6.07, 6.45) is 8.17. The molecule has 0 aliphatic rings. The Morgan fingerprint density at radius 1 is 0.739 bits per heavy atom. The van der Waals surface area contributed by atoms with Crippen molar-refractivity contribution in [1.82, 2.24) is 4.98 Å². The first-order valence-corrected chi connectivity index (χ1v) is 17.1.